The number of hydrogen-bond donors (Lipinski definition) is 2. The van der Waals surface area contributed by atoms with Crippen molar-refractivity contribution < 1.29 is 9.53 Å². The molecule has 1 fully saturated rings. The highest BCUT2D eigenvalue weighted by Crippen LogP contribution is 2.34. The fourth-order valence-corrected chi connectivity index (χ4v) is 4.17. The fourth-order valence-electron chi connectivity index (χ4n) is 4.03. The van der Waals surface area contributed by atoms with E-state index in [0.717, 1.165) is 29.6 Å². The largest absolute Gasteiger partial charge is 0.486 e. The van der Waals surface area contributed by atoms with E-state index in [1.807, 2.05) is 23.1 Å². The van der Waals surface area contributed by atoms with Crippen molar-refractivity contribution in [3.63, 3.8) is 0 Å². The highest BCUT2D eigenvalue weighted by molar-refractivity contribution is 6.33. The van der Waals surface area contributed by atoms with Gasteiger partial charge in [-0.3, -0.25) is 9.59 Å². The Kier molecular flexibility index (Phi) is 5.45. The van der Waals surface area contributed by atoms with Crippen LogP contribution in [0.1, 0.15) is 6.42 Å². The van der Waals surface area contributed by atoms with Crippen LogP contribution in [0.15, 0.2) is 29.2 Å². The van der Waals surface area contributed by atoms with E-state index >= 15 is 0 Å². The molecule has 5 rings (SSSR count). The molecule has 33 heavy (non-hydrogen) atoms. The Hall–Kier alpha value is -3.53. The van der Waals surface area contributed by atoms with Gasteiger partial charge in [-0.2, -0.15) is 4.98 Å². The number of halogens is 1. The van der Waals surface area contributed by atoms with Gasteiger partial charge in [-0.15, -0.1) is 0 Å². The number of benzene rings is 1. The van der Waals surface area contributed by atoms with Crippen molar-refractivity contribution in [2.45, 2.75) is 6.42 Å². The van der Waals surface area contributed by atoms with Crippen LogP contribution < -0.4 is 25.8 Å². The lowest BCUT2D eigenvalue weighted by Gasteiger charge is -2.32. The number of anilines is 4. The average Bonchev–Trinajstić information content (AvgIpc) is 3.07. The molecule has 0 aliphatic carbocycles. The molecule has 4 heterocycles. The number of hydrogen-bond acceptors (Lipinski definition) is 8. The minimum absolute atomic E-state index is 0.0184. The lowest BCUT2D eigenvalue weighted by molar-refractivity contribution is -0.129. The molecular formula is C22H24ClN7O3. The predicted octanol–water partition coefficient (Wildman–Crippen LogP) is 2.20. The molecular weight excluding hydrogens is 446 g/mol. The number of pyridine rings is 1. The number of fused-ring (bicyclic) bond motifs is 3. The van der Waals surface area contributed by atoms with Crippen LogP contribution in [0.2, 0.25) is 5.02 Å². The zero-order valence-electron chi connectivity index (χ0n) is 18.4. The second-order valence-electron chi connectivity index (χ2n) is 8.16. The molecule has 10 nitrogen and oxygen atoms in total. The van der Waals surface area contributed by atoms with Crippen LogP contribution in [-0.4, -0.2) is 65.2 Å². The van der Waals surface area contributed by atoms with Gasteiger partial charge in [0.05, 0.1) is 30.6 Å². The number of amides is 1. The van der Waals surface area contributed by atoms with E-state index in [9.17, 15) is 9.59 Å². The zero-order chi connectivity index (χ0) is 23.1. The standard InChI is InChI=1S/C22H24ClN7O3/c1-28-7-8-30(12-17(28)31)22-25-11-15(23)20(27-22)26-13-4-5-16-14(10-13)18-19(21(32)29(16)2)33-9-3-6-24-18/h4-5,10-11,24H,3,6-9,12H2,1-2H3,(H,25,26,27). The summed E-state index contributed by atoms with van der Waals surface area (Å²) in [6, 6.07) is 5.68. The third kappa shape index (κ3) is 3.91. The molecule has 0 unspecified atom stereocenters. The summed E-state index contributed by atoms with van der Waals surface area (Å²) in [6.07, 6.45) is 2.34. The third-order valence-corrected chi connectivity index (χ3v) is 6.23. The smallest absolute Gasteiger partial charge is 0.295 e. The third-order valence-electron chi connectivity index (χ3n) is 5.96. The van der Waals surface area contributed by atoms with Gasteiger partial charge in [0.1, 0.15) is 5.02 Å². The number of nitrogens with zero attached hydrogens (tertiary/aromatic N) is 5. The van der Waals surface area contributed by atoms with Crippen molar-refractivity contribution in [1.29, 1.82) is 0 Å². The molecule has 3 aromatic rings. The predicted molar refractivity (Wildman–Crippen MR) is 128 cm³/mol. The molecule has 0 saturated carbocycles. The molecule has 0 radical (unpaired) electrons. The van der Waals surface area contributed by atoms with Gasteiger partial charge < -0.3 is 29.7 Å². The number of aryl methyl sites for hydroxylation is 1. The molecule has 0 atom stereocenters. The Morgan fingerprint density at radius 3 is 2.88 bits per heavy atom. The van der Waals surface area contributed by atoms with Crippen molar-refractivity contribution in [1.82, 2.24) is 19.4 Å². The van der Waals surface area contributed by atoms with E-state index in [1.54, 1.807) is 23.6 Å². The normalized spacial score (nSPS) is 16.2. The molecule has 1 aromatic carbocycles. The molecule has 1 saturated heterocycles. The number of carbonyl (C=O) groups is 1. The van der Waals surface area contributed by atoms with E-state index in [1.165, 1.54) is 6.20 Å². The van der Waals surface area contributed by atoms with Crippen LogP contribution in [0.3, 0.4) is 0 Å². The van der Waals surface area contributed by atoms with E-state index in [0.29, 0.717) is 47.9 Å². The Labute approximate surface area is 195 Å². The highest BCUT2D eigenvalue weighted by atomic mass is 35.5. The van der Waals surface area contributed by atoms with Crippen LogP contribution >= 0.6 is 11.6 Å². The van der Waals surface area contributed by atoms with Gasteiger partial charge in [0.25, 0.3) is 5.56 Å². The quantitative estimate of drug-likeness (QED) is 0.601. The molecule has 2 aliphatic heterocycles. The molecule has 11 heteroatoms. The van der Waals surface area contributed by atoms with Gasteiger partial charge in [0.2, 0.25) is 17.6 Å². The number of likely N-dealkylation sites (N-methyl/N-ethyl adjacent to an activating group) is 1. The Balaban J connectivity index is 1.51. The van der Waals surface area contributed by atoms with Gasteiger partial charge in [-0.05, 0) is 24.6 Å². The molecule has 2 aliphatic rings. The lowest BCUT2D eigenvalue weighted by Crippen LogP contribution is -2.49. The lowest BCUT2D eigenvalue weighted by atomic mass is 10.1. The Bertz CT molecular complexity index is 1310. The maximum atomic E-state index is 12.7. The van der Waals surface area contributed by atoms with Crippen molar-refractivity contribution in [2.75, 3.05) is 55.4 Å². The summed E-state index contributed by atoms with van der Waals surface area (Å²) in [5.74, 6) is 1.23. The van der Waals surface area contributed by atoms with Crippen LogP contribution in [0.4, 0.5) is 23.1 Å². The second-order valence-corrected chi connectivity index (χ2v) is 8.56. The summed E-state index contributed by atoms with van der Waals surface area (Å²) in [5.41, 5.74) is 2.06. The Morgan fingerprint density at radius 2 is 2.06 bits per heavy atom. The first-order chi connectivity index (χ1) is 15.9. The summed E-state index contributed by atoms with van der Waals surface area (Å²) in [5, 5.41) is 7.81. The molecule has 2 N–H and O–H groups in total. The minimum atomic E-state index is -0.169. The van der Waals surface area contributed by atoms with Crippen LogP contribution in [-0.2, 0) is 11.8 Å². The first kappa shape index (κ1) is 21.3. The first-order valence-corrected chi connectivity index (χ1v) is 11.1. The zero-order valence-corrected chi connectivity index (χ0v) is 19.1. The number of ether oxygens (including phenoxy) is 1. The van der Waals surface area contributed by atoms with Gasteiger partial charge in [0.15, 0.2) is 5.82 Å². The number of nitrogens with one attached hydrogen (secondary N) is 2. The fraction of sp³-hybridized carbons (Fsp3) is 0.364. The first-order valence-electron chi connectivity index (χ1n) is 10.7. The van der Waals surface area contributed by atoms with Gasteiger partial charge >= 0.3 is 0 Å². The van der Waals surface area contributed by atoms with Crippen molar-refractivity contribution in [3.05, 3.63) is 39.8 Å². The van der Waals surface area contributed by atoms with Crippen molar-refractivity contribution in [3.8, 4) is 5.75 Å². The van der Waals surface area contributed by atoms with Crippen molar-refractivity contribution in [2.24, 2.45) is 7.05 Å². The topological polar surface area (TPSA) is 105 Å². The molecule has 1 amide bonds. The minimum Gasteiger partial charge on any atom is -0.486 e. The molecule has 0 spiro atoms. The molecule has 0 bridgehead atoms. The second kappa shape index (κ2) is 8.43. The summed E-state index contributed by atoms with van der Waals surface area (Å²) in [7, 11) is 3.52. The monoisotopic (exact) mass is 469 g/mol. The van der Waals surface area contributed by atoms with Crippen LogP contribution in [0, 0.1) is 0 Å². The summed E-state index contributed by atoms with van der Waals surface area (Å²) < 4.78 is 7.34. The molecule has 2 aromatic heterocycles. The molecule has 172 valence electrons. The summed E-state index contributed by atoms with van der Waals surface area (Å²) in [4.78, 5) is 37.2. The van der Waals surface area contributed by atoms with E-state index in [2.05, 4.69) is 20.6 Å². The van der Waals surface area contributed by atoms with Gasteiger partial charge in [-0.25, -0.2) is 4.98 Å². The SMILES string of the molecule is CN1CCN(c2ncc(Cl)c(Nc3ccc4c(c3)c3c(c(=O)n4C)OCCCN3)n2)CC1=O. The number of rotatable bonds is 3. The number of aromatic nitrogens is 3. The van der Waals surface area contributed by atoms with E-state index in [-0.39, 0.29) is 18.0 Å². The maximum absolute atomic E-state index is 12.7. The average molecular weight is 470 g/mol. The van der Waals surface area contributed by atoms with Gasteiger partial charge in [-0.1, -0.05) is 11.6 Å². The Morgan fingerprint density at radius 1 is 1.21 bits per heavy atom. The van der Waals surface area contributed by atoms with Gasteiger partial charge in [0, 0.05) is 44.8 Å². The van der Waals surface area contributed by atoms with Crippen LogP contribution in [0.25, 0.3) is 10.9 Å². The van der Waals surface area contributed by atoms with Crippen LogP contribution in [0.5, 0.6) is 5.75 Å². The summed E-state index contributed by atoms with van der Waals surface area (Å²) >= 11 is 6.38. The van der Waals surface area contributed by atoms with E-state index < -0.39 is 0 Å². The van der Waals surface area contributed by atoms with Crippen molar-refractivity contribution >= 4 is 51.6 Å². The summed E-state index contributed by atoms with van der Waals surface area (Å²) in [6.45, 7) is 2.69. The number of carbonyl (C=O) groups excluding carboxylic acids is 1. The number of piperazine rings is 1. The maximum Gasteiger partial charge on any atom is 0.295 e. The van der Waals surface area contributed by atoms with E-state index in [4.69, 9.17) is 16.3 Å². The highest BCUT2D eigenvalue weighted by Gasteiger charge is 2.24.